The van der Waals surface area contributed by atoms with Crippen LogP contribution in [0.25, 0.3) is 0 Å². The van der Waals surface area contributed by atoms with Crippen LogP contribution in [0.3, 0.4) is 0 Å². The summed E-state index contributed by atoms with van der Waals surface area (Å²) in [5.74, 6) is 0.929. The van der Waals surface area contributed by atoms with E-state index in [1.165, 1.54) is 44.2 Å². The normalized spacial score (nSPS) is 35.3. The van der Waals surface area contributed by atoms with Gasteiger partial charge in [0, 0.05) is 31.2 Å². The first kappa shape index (κ1) is 15.1. The predicted octanol–water partition coefficient (Wildman–Crippen LogP) is 3.99. The van der Waals surface area contributed by atoms with Gasteiger partial charge >= 0.3 is 0 Å². The summed E-state index contributed by atoms with van der Waals surface area (Å²) in [5.41, 5.74) is 1.44. The smallest absolute Gasteiger partial charge is 0.0450 e. The average Bonchev–Trinajstić information content (AvgIpc) is 2.73. The van der Waals surface area contributed by atoms with Gasteiger partial charge in [0.1, 0.15) is 0 Å². The first-order chi connectivity index (χ1) is 10.2. The van der Waals surface area contributed by atoms with Crippen LogP contribution in [0.4, 0.5) is 0 Å². The fourth-order valence-electron chi connectivity index (χ4n) is 4.10. The molecule has 1 aromatic rings. The molecule has 1 aromatic carbocycles. The molecule has 4 unspecified atom stereocenters. The van der Waals surface area contributed by atoms with E-state index in [1.807, 2.05) is 0 Å². The van der Waals surface area contributed by atoms with Crippen molar-refractivity contribution in [2.24, 2.45) is 5.92 Å². The van der Waals surface area contributed by atoms with E-state index in [9.17, 15) is 0 Å². The second-order valence-electron chi connectivity index (χ2n) is 7.18. The van der Waals surface area contributed by atoms with Crippen LogP contribution in [0.1, 0.15) is 57.6 Å². The zero-order chi connectivity index (χ0) is 14.7. The molecular weight excluding hydrogens is 256 g/mol. The highest BCUT2D eigenvalue weighted by atomic mass is 15.2. The van der Waals surface area contributed by atoms with Crippen LogP contribution in [0.5, 0.6) is 0 Å². The Labute approximate surface area is 129 Å². The third-order valence-electron chi connectivity index (χ3n) is 5.52. The number of hydrogen-bond acceptors (Lipinski definition) is 2. The summed E-state index contributed by atoms with van der Waals surface area (Å²) in [5, 5.41) is 3.74. The van der Waals surface area contributed by atoms with Gasteiger partial charge in [-0.1, -0.05) is 50.1 Å². The first-order valence-electron chi connectivity index (χ1n) is 8.78. The van der Waals surface area contributed by atoms with Gasteiger partial charge in [-0.25, -0.2) is 0 Å². The van der Waals surface area contributed by atoms with Crippen LogP contribution < -0.4 is 5.32 Å². The summed E-state index contributed by atoms with van der Waals surface area (Å²) in [6, 6.07) is 12.9. The lowest BCUT2D eigenvalue weighted by Crippen LogP contribution is -2.55. The maximum absolute atomic E-state index is 3.74. The summed E-state index contributed by atoms with van der Waals surface area (Å²) >= 11 is 0. The fourth-order valence-corrected chi connectivity index (χ4v) is 4.10. The van der Waals surface area contributed by atoms with Crippen LogP contribution in [0.15, 0.2) is 30.3 Å². The Bertz CT molecular complexity index is 430. The molecule has 2 aliphatic rings. The molecule has 1 N–H and O–H groups in total. The Morgan fingerprint density at radius 3 is 2.62 bits per heavy atom. The van der Waals surface area contributed by atoms with E-state index in [4.69, 9.17) is 0 Å². The molecule has 1 heterocycles. The molecule has 2 fully saturated rings. The van der Waals surface area contributed by atoms with Gasteiger partial charge in [0.05, 0.1) is 0 Å². The highest BCUT2D eigenvalue weighted by molar-refractivity contribution is 5.20. The van der Waals surface area contributed by atoms with E-state index >= 15 is 0 Å². The number of piperazine rings is 1. The number of rotatable bonds is 2. The quantitative estimate of drug-likeness (QED) is 0.827. The molecule has 0 aromatic heterocycles. The zero-order valence-electron chi connectivity index (χ0n) is 13.6. The molecule has 2 heteroatoms. The Kier molecular flexibility index (Phi) is 4.97. The Morgan fingerprint density at radius 2 is 1.81 bits per heavy atom. The minimum Gasteiger partial charge on any atom is -0.307 e. The molecule has 3 rings (SSSR count). The van der Waals surface area contributed by atoms with Crippen LogP contribution in [-0.2, 0) is 0 Å². The van der Waals surface area contributed by atoms with E-state index in [-0.39, 0.29) is 0 Å². The molecule has 2 nitrogen and oxygen atoms in total. The minimum atomic E-state index is 0.503. The molecule has 1 saturated heterocycles. The minimum absolute atomic E-state index is 0.503. The summed E-state index contributed by atoms with van der Waals surface area (Å²) < 4.78 is 0. The second-order valence-corrected chi connectivity index (χ2v) is 7.18. The van der Waals surface area contributed by atoms with Gasteiger partial charge in [-0.05, 0) is 37.7 Å². The standard InChI is InChI=1S/C19H30N2/c1-15-7-6-10-18(12-11-15)21-14-19(20-13-16(21)2)17-8-4-3-5-9-17/h3-5,8-9,15-16,18-20H,6-7,10-14H2,1-2H3. The maximum Gasteiger partial charge on any atom is 0.0450 e. The summed E-state index contributed by atoms with van der Waals surface area (Å²) in [7, 11) is 0. The number of hydrogen-bond donors (Lipinski definition) is 1. The van der Waals surface area contributed by atoms with Gasteiger partial charge in [0.2, 0.25) is 0 Å². The van der Waals surface area contributed by atoms with Crippen molar-refractivity contribution >= 4 is 0 Å². The summed E-state index contributed by atoms with van der Waals surface area (Å²) in [4.78, 5) is 2.80. The number of nitrogens with one attached hydrogen (secondary N) is 1. The molecule has 116 valence electrons. The molecule has 1 aliphatic carbocycles. The van der Waals surface area contributed by atoms with Crippen LogP contribution in [-0.4, -0.2) is 30.1 Å². The van der Waals surface area contributed by atoms with Crippen molar-refractivity contribution in [1.29, 1.82) is 0 Å². The largest absolute Gasteiger partial charge is 0.307 e. The Hall–Kier alpha value is -0.860. The third kappa shape index (κ3) is 3.67. The van der Waals surface area contributed by atoms with Gasteiger partial charge in [0.25, 0.3) is 0 Å². The average molecular weight is 286 g/mol. The maximum atomic E-state index is 3.74. The van der Waals surface area contributed by atoms with E-state index in [2.05, 4.69) is 54.4 Å². The third-order valence-corrected chi connectivity index (χ3v) is 5.52. The lowest BCUT2D eigenvalue weighted by atomic mass is 9.97. The Balaban J connectivity index is 1.68. The highest BCUT2D eigenvalue weighted by Gasteiger charge is 2.31. The lowest BCUT2D eigenvalue weighted by molar-refractivity contribution is 0.0814. The SMILES string of the molecule is CC1CCCC(N2CC(c3ccccc3)NCC2C)CC1. The molecule has 0 spiro atoms. The van der Waals surface area contributed by atoms with Gasteiger partial charge in [0.15, 0.2) is 0 Å². The highest BCUT2D eigenvalue weighted by Crippen LogP contribution is 2.30. The van der Waals surface area contributed by atoms with Gasteiger partial charge in [-0.2, -0.15) is 0 Å². The van der Waals surface area contributed by atoms with E-state index < -0.39 is 0 Å². The fraction of sp³-hybridized carbons (Fsp3) is 0.684. The Morgan fingerprint density at radius 1 is 1.00 bits per heavy atom. The van der Waals surface area contributed by atoms with Gasteiger partial charge in [-0.15, -0.1) is 0 Å². The topological polar surface area (TPSA) is 15.3 Å². The van der Waals surface area contributed by atoms with Crippen molar-refractivity contribution in [3.63, 3.8) is 0 Å². The van der Waals surface area contributed by atoms with Crippen LogP contribution >= 0.6 is 0 Å². The van der Waals surface area contributed by atoms with Gasteiger partial charge < -0.3 is 5.32 Å². The first-order valence-corrected chi connectivity index (χ1v) is 8.78. The van der Waals surface area contributed by atoms with E-state index in [0.29, 0.717) is 12.1 Å². The molecule has 0 bridgehead atoms. The van der Waals surface area contributed by atoms with E-state index in [0.717, 1.165) is 18.5 Å². The van der Waals surface area contributed by atoms with Gasteiger partial charge in [-0.3, -0.25) is 4.90 Å². The van der Waals surface area contributed by atoms with Crippen LogP contribution in [0, 0.1) is 5.92 Å². The molecule has 21 heavy (non-hydrogen) atoms. The van der Waals surface area contributed by atoms with Crippen molar-refractivity contribution in [1.82, 2.24) is 10.2 Å². The number of nitrogens with zero attached hydrogens (tertiary/aromatic N) is 1. The zero-order valence-corrected chi connectivity index (χ0v) is 13.6. The van der Waals surface area contributed by atoms with Crippen molar-refractivity contribution in [3.8, 4) is 0 Å². The summed E-state index contributed by atoms with van der Waals surface area (Å²) in [6.45, 7) is 7.11. The van der Waals surface area contributed by atoms with Crippen molar-refractivity contribution < 1.29 is 0 Å². The second kappa shape index (κ2) is 6.93. The molecule has 4 atom stereocenters. The molecule has 0 amide bonds. The van der Waals surface area contributed by atoms with E-state index in [1.54, 1.807) is 0 Å². The monoisotopic (exact) mass is 286 g/mol. The van der Waals surface area contributed by atoms with Crippen molar-refractivity contribution in [2.45, 2.75) is 64.1 Å². The molecule has 0 radical (unpaired) electrons. The van der Waals surface area contributed by atoms with Crippen LogP contribution in [0.2, 0.25) is 0 Å². The lowest BCUT2D eigenvalue weighted by Gasteiger charge is -2.43. The predicted molar refractivity (Wildman–Crippen MR) is 89.4 cm³/mol. The summed E-state index contributed by atoms with van der Waals surface area (Å²) in [6.07, 6.45) is 7.05. The molecule has 1 aliphatic heterocycles. The number of benzene rings is 1. The molecule has 1 saturated carbocycles. The molecular formula is C19H30N2. The van der Waals surface area contributed by atoms with Crippen molar-refractivity contribution in [2.75, 3.05) is 13.1 Å². The van der Waals surface area contributed by atoms with Crippen molar-refractivity contribution in [3.05, 3.63) is 35.9 Å².